The standard InChI is InChI=1S/C23H19F3N4O4/c1-12-17(20(33)28-14-4-5-15(24)13(7-14)8-27)16-3-2-6-30(16)18(12)19(32)21(34)29-22(11-31)9-23(25,26)10-22/h4-5,7,11H,2-3,6,9-10H2,1H3,(H,28,33)(H,29,34). The molecule has 1 aromatic carbocycles. The van der Waals surface area contributed by atoms with Gasteiger partial charge in [-0.15, -0.1) is 0 Å². The van der Waals surface area contributed by atoms with Crippen molar-refractivity contribution in [3.63, 3.8) is 0 Å². The molecule has 2 aromatic rings. The van der Waals surface area contributed by atoms with Crippen LogP contribution in [0.2, 0.25) is 0 Å². The van der Waals surface area contributed by atoms with Crippen molar-refractivity contribution < 1.29 is 32.3 Å². The van der Waals surface area contributed by atoms with Gasteiger partial charge >= 0.3 is 0 Å². The third kappa shape index (κ3) is 3.85. The van der Waals surface area contributed by atoms with E-state index in [4.69, 9.17) is 5.26 Å². The fourth-order valence-electron chi connectivity index (χ4n) is 4.66. The lowest BCUT2D eigenvalue weighted by Crippen LogP contribution is -2.64. The zero-order chi connectivity index (χ0) is 24.8. The molecule has 2 amide bonds. The van der Waals surface area contributed by atoms with Gasteiger partial charge < -0.3 is 20.0 Å². The predicted octanol–water partition coefficient (Wildman–Crippen LogP) is 2.67. The molecule has 176 valence electrons. The van der Waals surface area contributed by atoms with E-state index < -0.39 is 47.7 Å². The van der Waals surface area contributed by atoms with Crippen molar-refractivity contribution in [3.05, 3.63) is 52.1 Å². The maximum atomic E-state index is 13.6. The molecule has 0 unspecified atom stereocenters. The number of halogens is 3. The fraction of sp³-hybridized carbons (Fsp3) is 0.348. The zero-order valence-electron chi connectivity index (χ0n) is 18.0. The molecule has 0 spiro atoms. The number of nitrogens with one attached hydrogen (secondary N) is 2. The molecule has 0 bridgehead atoms. The van der Waals surface area contributed by atoms with Gasteiger partial charge in [0.05, 0.1) is 16.8 Å². The summed E-state index contributed by atoms with van der Waals surface area (Å²) in [4.78, 5) is 50.0. The van der Waals surface area contributed by atoms with Crippen molar-refractivity contribution >= 4 is 29.6 Å². The number of aldehydes is 1. The maximum Gasteiger partial charge on any atom is 0.294 e. The molecule has 4 rings (SSSR count). The van der Waals surface area contributed by atoms with Gasteiger partial charge in [-0.1, -0.05) is 0 Å². The molecule has 1 aliphatic carbocycles. The molecule has 0 atom stereocenters. The van der Waals surface area contributed by atoms with Crippen LogP contribution in [0.25, 0.3) is 0 Å². The van der Waals surface area contributed by atoms with Gasteiger partial charge in [-0.25, -0.2) is 13.2 Å². The Morgan fingerprint density at radius 1 is 1.24 bits per heavy atom. The van der Waals surface area contributed by atoms with Gasteiger partial charge in [-0.3, -0.25) is 14.4 Å². The Morgan fingerprint density at radius 2 is 1.94 bits per heavy atom. The van der Waals surface area contributed by atoms with Crippen molar-refractivity contribution in [3.8, 4) is 6.07 Å². The number of benzene rings is 1. The topological polar surface area (TPSA) is 121 Å². The Bertz CT molecular complexity index is 1280. The zero-order valence-corrected chi connectivity index (χ0v) is 18.0. The largest absolute Gasteiger partial charge is 0.341 e. The van der Waals surface area contributed by atoms with Crippen LogP contribution >= 0.6 is 0 Å². The predicted molar refractivity (Wildman–Crippen MR) is 112 cm³/mol. The Hall–Kier alpha value is -3.94. The summed E-state index contributed by atoms with van der Waals surface area (Å²) in [6, 6.07) is 5.18. The van der Waals surface area contributed by atoms with E-state index in [0.717, 1.165) is 6.07 Å². The Balaban J connectivity index is 1.62. The number of hydrogen-bond acceptors (Lipinski definition) is 5. The second kappa shape index (κ2) is 8.13. The van der Waals surface area contributed by atoms with Crippen molar-refractivity contribution in [2.45, 2.75) is 50.6 Å². The van der Waals surface area contributed by atoms with Crippen LogP contribution in [-0.2, 0) is 22.6 Å². The molecular formula is C23H19F3N4O4. The molecule has 11 heteroatoms. The number of Topliss-reactive ketones (excluding diaryl/α,β-unsaturated/α-hetero) is 1. The number of nitrogens with zero attached hydrogens (tertiary/aromatic N) is 2. The highest BCUT2D eigenvalue weighted by Crippen LogP contribution is 2.44. The monoisotopic (exact) mass is 472 g/mol. The first kappa shape index (κ1) is 23.2. The first-order valence-electron chi connectivity index (χ1n) is 10.4. The van der Waals surface area contributed by atoms with Crippen molar-refractivity contribution in [1.82, 2.24) is 9.88 Å². The second-order valence-corrected chi connectivity index (χ2v) is 8.58. The first-order chi connectivity index (χ1) is 16.0. The summed E-state index contributed by atoms with van der Waals surface area (Å²) in [6.45, 7) is 1.85. The van der Waals surface area contributed by atoms with E-state index in [-0.39, 0.29) is 34.4 Å². The molecule has 0 saturated heterocycles. The van der Waals surface area contributed by atoms with Crippen molar-refractivity contribution in [2.24, 2.45) is 0 Å². The first-order valence-corrected chi connectivity index (χ1v) is 10.4. The SMILES string of the molecule is Cc1c(C(=O)Nc2ccc(F)c(C#N)c2)c2n(c1C(=O)C(=O)NC1(C=O)CC(F)(F)C1)CCC2. The fourth-order valence-corrected chi connectivity index (χ4v) is 4.66. The molecule has 2 N–H and O–H groups in total. The van der Waals surface area contributed by atoms with Crippen LogP contribution in [0.5, 0.6) is 0 Å². The van der Waals surface area contributed by atoms with Gasteiger partial charge in [0.1, 0.15) is 23.7 Å². The molecule has 2 aliphatic rings. The average Bonchev–Trinajstić information content (AvgIpc) is 3.32. The molecule has 1 aromatic heterocycles. The molecule has 8 nitrogen and oxygen atoms in total. The van der Waals surface area contributed by atoms with Gasteiger partial charge in [0.15, 0.2) is 0 Å². The Morgan fingerprint density at radius 3 is 2.56 bits per heavy atom. The lowest BCUT2D eigenvalue weighted by molar-refractivity contribution is -0.154. The summed E-state index contributed by atoms with van der Waals surface area (Å²) in [5.41, 5.74) is -1.04. The number of ketones is 1. The normalized spacial score (nSPS) is 17.1. The van der Waals surface area contributed by atoms with Crippen LogP contribution in [0.1, 0.15) is 56.9 Å². The van der Waals surface area contributed by atoms with Crippen molar-refractivity contribution in [1.29, 1.82) is 5.26 Å². The minimum absolute atomic E-state index is 0.0564. The number of alkyl halides is 2. The van der Waals surface area contributed by atoms with Crippen LogP contribution in [0.4, 0.5) is 18.9 Å². The highest BCUT2D eigenvalue weighted by Gasteiger charge is 2.58. The van der Waals surface area contributed by atoms with E-state index in [9.17, 15) is 32.3 Å². The van der Waals surface area contributed by atoms with Gasteiger partial charge in [-0.2, -0.15) is 5.26 Å². The number of nitriles is 1. The number of rotatable bonds is 6. The van der Waals surface area contributed by atoms with Crippen LogP contribution in [0.3, 0.4) is 0 Å². The number of hydrogen-bond donors (Lipinski definition) is 2. The highest BCUT2D eigenvalue weighted by molar-refractivity contribution is 6.43. The van der Waals surface area contributed by atoms with E-state index in [1.54, 1.807) is 10.6 Å². The number of carbonyl (C=O) groups excluding carboxylic acids is 4. The maximum absolute atomic E-state index is 13.6. The molecule has 1 saturated carbocycles. The minimum atomic E-state index is -3.10. The molecule has 2 heterocycles. The smallest absolute Gasteiger partial charge is 0.294 e. The molecule has 1 aliphatic heterocycles. The van der Waals surface area contributed by atoms with Crippen LogP contribution in [-0.4, -0.2) is 39.9 Å². The van der Waals surface area contributed by atoms with E-state index in [1.807, 2.05) is 0 Å². The number of carbonyl (C=O) groups is 4. The second-order valence-electron chi connectivity index (χ2n) is 8.58. The lowest BCUT2D eigenvalue weighted by Gasteiger charge is -2.43. The Kier molecular flexibility index (Phi) is 5.55. The third-order valence-corrected chi connectivity index (χ3v) is 6.14. The number of aromatic nitrogens is 1. The number of anilines is 1. The molecule has 34 heavy (non-hydrogen) atoms. The molecule has 0 radical (unpaired) electrons. The van der Waals surface area contributed by atoms with E-state index in [1.165, 1.54) is 19.1 Å². The highest BCUT2D eigenvalue weighted by atomic mass is 19.3. The van der Waals surface area contributed by atoms with Crippen LogP contribution < -0.4 is 10.6 Å². The van der Waals surface area contributed by atoms with Gasteiger partial charge in [0.25, 0.3) is 23.5 Å². The minimum Gasteiger partial charge on any atom is -0.341 e. The van der Waals surface area contributed by atoms with Gasteiger partial charge in [0.2, 0.25) is 0 Å². The van der Waals surface area contributed by atoms with E-state index >= 15 is 0 Å². The summed E-state index contributed by atoms with van der Waals surface area (Å²) in [6.07, 6.45) is -0.497. The number of fused-ring (bicyclic) bond motifs is 1. The average molecular weight is 472 g/mol. The lowest BCUT2D eigenvalue weighted by atomic mass is 9.74. The summed E-state index contributed by atoms with van der Waals surface area (Å²) >= 11 is 0. The summed E-state index contributed by atoms with van der Waals surface area (Å²) < 4.78 is 41.7. The molecule has 1 fully saturated rings. The quantitative estimate of drug-likeness (QED) is 0.380. The van der Waals surface area contributed by atoms with Crippen molar-refractivity contribution in [2.75, 3.05) is 5.32 Å². The Labute approximate surface area is 191 Å². The number of amides is 2. The third-order valence-electron chi connectivity index (χ3n) is 6.14. The van der Waals surface area contributed by atoms with E-state index in [0.29, 0.717) is 25.1 Å². The van der Waals surface area contributed by atoms with Crippen LogP contribution in [0.15, 0.2) is 18.2 Å². The summed E-state index contributed by atoms with van der Waals surface area (Å²) in [7, 11) is 0. The van der Waals surface area contributed by atoms with E-state index in [2.05, 4.69) is 10.6 Å². The summed E-state index contributed by atoms with van der Waals surface area (Å²) in [5, 5.41) is 13.7. The van der Waals surface area contributed by atoms with Gasteiger partial charge in [0, 0.05) is 30.8 Å². The molecular weight excluding hydrogens is 453 g/mol. The van der Waals surface area contributed by atoms with Crippen LogP contribution in [0, 0.1) is 24.1 Å². The van der Waals surface area contributed by atoms with Gasteiger partial charge in [-0.05, 0) is 43.5 Å². The summed E-state index contributed by atoms with van der Waals surface area (Å²) in [5.74, 6) is -6.69.